The van der Waals surface area contributed by atoms with Crippen molar-refractivity contribution >= 4 is 34.8 Å². The number of halogens is 1. The van der Waals surface area contributed by atoms with Crippen molar-refractivity contribution in [3.63, 3.8) is 0 Å². The molecule has 4 rings (SSSR count). The van der Waals surface area contributed by atoms with Gasteiger partial charge in [0.05, 0.1) is 22.5 Å². The van der Waals surface area contributed by atoms with Gasteiger partial charge in [0.1, 0.15) is 12.1 Å². The summed E-state index contributed by atoms with van der Waals surface area (Å²) in [4.78, 5) is 37.5. The second kappa shape index (κ2) is 14.0. The molecule has 0 radical (unpaired) electrons. The normalized spacial score (nSPS) is 18.0. The van der Waals surface area contributed by atoms with Gasteiger partial charge in [-0.25, -0.2) is 4.98 Å². The number of ether oxygens (including phenoxy) is 1. The van der Waals surface area contributed by atoms with Crippen LogP contribution in [0.3, 0.4) is 0 Å². The topological polar surface area (TPSA) is 90.0 Å². The number of benzene rings is 1. The van der Waals surface area contributed by atoms with Gasteiger partial charge in [0.15, 0.2) is 0 Å². The number of likely N-dealkylation sites (tertiary alicyclic amines) is 1. The third kappa shape index (κ3) is 8.30. The lowest BCUT2D eigenvalue weighted by Gasteiger charge is -2.34. The quantitative estimate of drug-likeness (QED) is 0.459. The summed E-state index contributed by atoms with van der Waals surface area (Å²) < 4.78 is 6.00. The predicted octanol–water partition coefficient (Wildman–Crippen LogP) is 3.89. The Bertz CT molecular complexity index is 1100. The van der Waals surface area contributed by atoms with E-state index in [1.807, 2.05) is 12.1 Å². The monoisotopic (exact) mass is 556 g/mol. The van der Waals surface area contributed by atoms with Crippen molar-refractivity contribution in [1.29, 1.82) is 0 Å². The molecule has 2 saturated heterocycles. The number of piperazine rings is 1. The summed E-state index contributed by atoms with van der Waals surface area (Å²) >= 11 is 6.54. The SMILES string of the molecule is CCCCC(NC(=O)c1ccc(N2CCN(C)CC2)cc1Cl)C(=O)Nc1ccc(OC2CCN(C)CC2)nc1. The van der Waals surface area contributed by atoms with E-state index in [1.54, 1.807) is 24.4 Å². The first-order valence-corrected chi connectivity index (χ1v) is 14.4. The molecule has 2 N–H and O–H groups in total. The summed E-state index contributed by atoms with van der Waals surface area (Å²) in [7, 11) is 4.22. The van der Waals surface area contributed by atoms with Crippen molar-refractivity contribution in [3.8, 4) is 5.88 Å². The van der Waals surface area contributed by atoms with E-state index in [0.717, 1.165) is 70.6 Å². The molecule has 0 aliphatic carbocycles. The number of rotatable bonds is 10. The molecule has 0 saturated carbocycles. The minimum Gasteiger partial charge on any atom is -0.474 e. The number of unbranched alkanes of at least 4 members (excludes halogenated alkanes) is 1. The van der Waals surface area contributed by atoms with Crippen molar-refractivity contribution in [1.82, 2.24) is 20.1 Å². The number of nitrogens with one attached hydrogen (secondary N) is 2. The summed E-state index contributed by atoms with van der Waals surface area (Å²) in [6.45, 7) is 7.87. The molecule has 9 nitrogen and oxygen atoms in total. The fourth-order valence-electron chi connectivity index (χ4n) is 4.89. The highest BCUT2D eigenvalue weighted by atomic mass is 35.5. The number of aromatic nitrogens is 1. The lowest BCUT2D eigenvalue weighted by Crippen LogP contribution is -2.44. The van der Waals surface area contributed by atoms with Crippen molar-refractivity contribution < 1.29 is 14.3 Å². The van der Waals surface area contributed by atoms with Gasteiger partial charge in [-0.3, -0.25) is 9.59 Å². The number of carbonyl (C=O) groups is 2. The Balaban J connectivity index is 1.35. The zero-order valence-corrected chi connectivity index (χ0v) is 24.0. The van der Waals surface area contributed by atoms with E-state index in [1.165, 1.54) is 0 Å². The molecule has 1 aromatic carbocycles. The van der Waals surface area contributed by atoms with Gasteiger partial charge < -0.3 is 30.1 Å². The number of anilines is 2. The summed E-state index contributed by atoms with van der Waals surface area (Å²) in [5, 5.41) is 6.17. The Morgan fingerprint density at radius 3 is 2.41 bits per heavy atom. The number of hydrogen-bond acceptors (Lipinski definition) is 7. The molecule has 1 aromatic heterocycles. The molecule has 2 fully saturated rings. The molecule has 2 aliphatic heterocycles. The molecule has 212 valence electrons. The van der Waals surface area contributed by atoms with Crippen molar-refractivity contribution in [3.05, 3.63) is 47.1 Å². The van der Waals surface area contributed by atoms with Crippen LogP contribution in [0.4, 0.5) is 11.4 Å². The van der Waals surface area contributed by atoms with Crippen LogP contribution in [-0.4, -0.2) is 92.1 Å². The molecular formula is C29H41ClN6O3. The highest BCUT2D eigenvalue weighted by molar-refractivity contribution is 6.34. The fraction of sp³-hybridized carbons (Fsp3) is 0.552. The van der Waals surface area contributed by atoms with E-state index in [9.17, 15) is 9.59 Å². The molecule has 2 amide bonds. The van der Waals surface area contributed by atoms with Crippen molar-refractivity contribution in [2.45, 2.75) is 51.2 Å². The molecule has 0 spiro atoms. The van der Waals surface area contributed by atoms with Crippen LogP contribution in [-0.2, 0) is 4.79 Å². The van der Waals surface area contributed by atoms with E-state index in [2.05, 4.69) is 51.3 Å². The lowest BCUT2D eigenvalue weighted by atomic mass is 10.1. The minimum absolute atomic E-state index is 0.158. The number of amides is 2. The zero-order chi connectivity index (χ0) is 27.8. The number of pyridine rings is 1. The number of likely N-dealkylation sites (N-methyl/N-ethyl adjacent to an activating group) is 1. The number of piperidine rings is 1. The highest BCUT2D eigenvalue weighted by Gasteiger charge is 2.24. The largest absolute Gasteiger partial charge is 0.474 e. The maximum Gasteiger partial charge on any atom is 0.253 e. The van der Waals surface area contributed by atoms with Crippen LogP contribution < -0.4 is 20.3 Å². The average molecular weight is 557 g/mol. The average Bonchev–Trinajstić information content (AvgIpc) is 2.93. The van der Waals surface area contributed by atoms with Gasteiger partial charge in [0.25, 0.3) is 5.91 Å². The van der Waals surface area contributed by atoms with E-state index in [4.69, 9.17) is 16.3 Å². The van der Waals surface area contributed by atoms with E-state index in [0.29, 0.717) is 28.6 Å². The summed E-state index contributed by atoms with van der Waals surface area (Å²) in [6, 6.07) is 8.36. The van der Waals surface area contributed by atoms with Crippen LogP contribution >= 0.6 is 11.6 Å². The first kappa shape index (κ1) is 29.1. The Kier molecular flexibility index (Phi) is 10.4. The molecule has 39 heavy (non-hydrogen) atoms. The van der Waals surface area contributed by atoms with Gasteiger partial charge in [0, 0.05) is 51.0 Å². The molecule has 10 heteroatoms. The van der Waals surface area contributed by atoms with Gasteiger partial charge in [-0.05, 0) is 57.6 Å². The third-order valence-electron chi connectivity index (χ3n) is 7.49. The molecule has 2 aromatic rings. The third-order valence-corrected chi connectivity index (χ3v) is 7.80. The van der Waals surface area contributed by atoms with Crippen LogP contribution in [0.1, 0.15) is 49.4 Å². The standard InChI is InChI=1S/C29H41ClN6O3/c1-4-5-6-26(29(38)32-21-7-10-27(31-20-21)39-23-11-13-34(2)14-12-23)33-28(37)24-9-8-22(19-25(24)30)36-17-15-35(3)16-18-36/h7-10,19-20,23,26H,4-6,11-18H2,1-3H3,(H,32,38)(H,33,37). The molecule has 0 bridgehead atoms. The Morgan fingerprint density at radius 1 is 1.05 bits per heavy atom. The van der Waals surface area contributed by atoms with Crippen LogP contribution in [0.25, 0.3) is 0 Å². The molecule has 1 atom stereocenters. The Hall–Kier alpha value is -2.88. The van der Waals surface area contributed by atoms with Gasteiger partial charge in [-0.15, -0.1) is 0 Å². The van der Waals surface area contributed by atoms with Crippen LogP contribution in [0, 0.1) is 0 Å². The second-order valence-corrected chi connectivity index (χ2v) is 11.0. The maximum absolute atomic E-state index is 13.2. The van der Waals surface area contributed by atoms with Crippen LogP contribution in [0.5, 0.6) is 5.88 Å². The molecule has 3 heterocycles. The van der Waals surface area contributed by atoms with Crippen molar-refractivity contribution in [2.75, 3.05) is 63.6 Å². The van der Waals surface area contributed by atoms with Gasteiger partial charge in [-0.2, -0.15) is 0 Å². The lowest BCUT2D eigenvalue weighted by molar-refractivity contribution is -0.118. The van der Waals surface area contributed by atoms with E-state index < -0.39 is 6.04 Å². The van der Waals surface area contributed by atoms with E-state index in [-0.39, 0.29) is 17.9 Å². The van der Waals surface area contributed by atoms with Gasteiger partial charge in [0.2, 0.25) is 11.8 Å². The van der Waals surface area contributed by atoms with Gasteiger partial charge >= 0.3 is 0 Å². The smallest absolute Gasteiger partial charge is 0.253 e. The minimum atomic E-state index is -0.694. The van der Waals surface area contributed by atoms with Crippen molar-refractivity contribution in [2.24, 2.45) is 0 Å². The summed E-state index contributed by atoms with van der Waals surface area (Å²) in [6.07, 6.45) is 5.92. The molecule has 1 unspecified atom stereocenters. The van der Waals surface area contributed by atoms with Crippen LogP contribution in [0.15, 0.2) is 36.5 Å². The van der Waals surface area contributed by atoms with Gasteiger partial charge in [-0.1, -0.05) is 31.4 Å². The Morgan fingerprint density at radius 2 is 1.77 bits per heavy atom. The van der Waals surface area contributed by atoms with Crippen LogP contribution in [0.2, 0.25) is 5.02 Å². The first-order chi connectivity index (χ1) is 18.8. The molecule has 2 aliphatic rings. The van der Waals surface area contributed by atoms with E-state index >= 15 is 0 Å². The number of nitrogens with zero attached hydrogens (tertiary/aromatic N) is 4. The number of carbonyl (C=O) groups excluding carboxylic acids is 2. The zero-order valence-electron chi connectivity index (χ0n) is 23.3. The summed E-state index contributed by atoms with van der Waals surface area (Å²) in [5.74, 6) is -0.0954. The number of hydrogen-bond donors (Lipinski definition) is 2. The fourth-order valence-corrected chi connectivity index (χ4v) is 5.15. The maximum atomic E-state index is 13.2. The Labute approximate surface area is 236 Å². The predicted molar refractivity (Wildman–Crippen MR) is 156 cm³/mol. The highest BCUT2D eigenvalue weighted by Crippen LogP contribution is 2.25. The second-order valence-electron chi connectivity index (χ2n) is 10.6. The summed E-state index contributed by atoms with van der Waals surface area (Å²) in [5.41, 5.74) is 1.92. The first-order valence-electron chi connectivity index (χ1n) is 14.0. The molecular weight excluding hydrogens is 516 g/mol.